The zero-order valence-electron chi connectivity index (χ0n) is 37.0. The molecule has 0 aliphatic heterocycles. The van der Waals surface area contributed by atoms with Crippen molar-refractivity contribution >= 4 is 5.97 Å². The third-order valence-corrected chi connectivity index (χ3v) is 11.7. The highest BCUT2D eigenvalue weighted by atomic mass is 16.5. The van der Waals surface area contributed by atoms with Crippen molar-refractivity contribution in [1.82, 2.24) is 0 Å². The van der Waals surface area contributed by atoms with E-state index in [0.29, 0.717) is 13.0 Å². The molecule has 0 N–H and O–H groups in total. The van der Waals surface area contributed by atoms with E-state index >= 15 is 0 Å². The molecular formula is C51H100O2. The highest BCUT2D eigenvalue weighted by molar-refractivity contribution is 5.69. The summed E-state index contributed by atoms with van der Waals surface area (Å²) in [7, 11) is 0. The second kappa shape index (κ2) is 49.2. The summed E-state index contributed by atoms with van der Waals surface area (Å²) in [4.78, 5) is 12.1. The molecule has 0 aromatic rings. The van der Waals surface area contributed by atoms with Crippen molar-refractivity contribution in [2.45, 2.75) is 303 Å². The minimum absolute atomic E-state index is 0.0303. The van der Waals surface area contributed by atoms with Gasteiger partial charge in [0, 0.05) is 6.42 Å². The molecule has 0 heterocycles. The monoisotopic (exact) mass is 745 g/mol. The molecule has 0 amide bonds. The summed E-state index contributed by atoms with van der Waals surface area (Å²) < 4.78 is 5.50. The van der Waals surface area contributed by atoms with E-state index in [2.05, 4.69) is 26.0 Å². The molecule has 0 aromatic carbocycles. The molecule has 0 unspecified atom stereocenters. The van der Waals surface area contributed by atoms with Gasteiger partial charge in [-0.15, -0.1) is 0 Å². The lowest BCUT2D eigenvalue weighted by Gasteiger charge is -2.06. The van der Waals surface area contributed by atoms with E-state index < -0.39 is 0 Å². The number of carbonyl (C=O) groups is 1. The molecule has 0 aliphatic carbocycles. The molecule has 0 radical (unpaired) electrons. The Morgan fingerprint density at radius 2 is 0.528 bits per heavy atom. The third-order valence-electron chi connectivity index (χ3n) is 11.7. The van der Waals surface area contributed by atoms with E-state index in [0.717, 1.165) is 12.8 Å². The molecule has 53 heavy (non-hydrogen) atoms. The molecule has 0 aromatic heterocycles. The van der Waals surface area contributed by atoms with Crippen LogP contribution in [0.15, 0.2) is 12.2 Å². The maximum absolute atomic E-state index is 12.1. The molecule has 0 rings (SSSR count). The lowest BCUT2D eigenvalue weighted by molar-refractivity contribution is -0.143. The van der Waals surface area contributed by atoms with Crippen LogP contribution in [0.4, 0.5) is 0 Å². The SMILES string of the molecule is CCCCCCCCCC=CCCCCCCCCCCCCCC(=O)OCCCCCCCCCCCCCCCCCCCCCCCCCC. The van der Waals surface area contributed by atoms with Crippen LogP contribution < -0.4 is 0 Å². The van der Waals surface area contributed by atoms with E-state index in [9.17, 15) is 4.79 Å². The molecule has 0 saturated carbocycles. The van der Waals surface area contributed by atoms with Crippen molar-refractivity contribution in [3.05, 3.63) is 12.2 Å². The highest BCUT2D eigenvalue weighted by Crippen LogP contribution is 2.17. The summed E-state index contributed by atoms with van der Waals surface area (Å²) >= 11 is 0. The van der Waals surface area contributed by atoms with E-state index in [1.807, 2.05) is 0 Å². The van der Waals surface area contributed by atoms with Crippen LogP contribution in [-0.4, -0.2) is 12.6 Å². The fraction of sp³-hybridized carbons (Fsp3) is 0.941. The Morgan fingerprint density at radius 1 is 0.302 bits per heavy atom. The van der Waals surface area contributed by atoms with Crippen molar-refractivity contribution in [1.29, 1.82) is 0 Å². The number of hydrogen-bond donors (Lipinski definition) is 0. The Kier molecular flexibility index (Phi) is 48.5. The number of rotatable bonds is 47. The number of ether oxygens (including phenoxy) is 1. The second-order valence-corrected chi connectivity index (χ2v) is 17.2. The summed E-state index contributed by atoms with van der Waals surface area (Å²) in [6.07, 6.45) is 66.4. The van der Waals surface area contributed by atoms with Gasteiger partial charge < -0.3 is 4.74 Å². The summed E-state index contributed by atoms with van der Waals surface area (Å²) in [5.74, 6) is 0.0303. The van der Waals surface area contributed by atoms with Crippen LogP contribution in [-0.2, 0) is 9.53 Å². The molecule has 316 valence electrons. The zero-order valence-corrected chi connectivity index (χ0v) is 37.0. The largest absolute Gasteiger partial charge is 0.466 e. The smallest absolute Gasteiger partial charge is 0.305 e. The maximum atomic E-state index is 12.1. The van der Waals surface area contributed by atoms with Gasteiger partial charge in [-0.05, 0) is 38.5 Å². The fourth-order valence-corrected chi connectivity index (χ4v) is 7.90. The zero-order chi connectivity index (χ0) is 38.2. The van der Waals surface area contributed by atoms with Crippen LogP contribution >= 0.6 is 0 Å². The van der Waals surface area contributed by atoms with Crippen LogP contribution in [0.2, 0.25) is 0 Å². The van der Waals surface area contributed by atoms with Gasteiger partial charge in [-0.25, -0.2) is 0 Å². The Bertz CT molecular complexity index is 684. The van der Waals surface area contributed by atoms with Crippen LogP contribution in [0, 0.1) is 0 Å². The van der Waals surface area contributed by atoms with E-state index in [4.69, 9.17) is 4.74 Å². The number of hydrogen-bond acceptors (Lipinski definition) is 2. The Labute approximate surface area is 336 Å². The van der Waals surface area contributed by atoms with Crippen LogP contribution in [0.5, 0.6) is 0 Å². The first-order valence-corrected chi connectivity index (χ1v) is 25.1. The number of carbonyl (C=O) groups excluding carboxylic acids is 1. The fourth-order valence-electron chi connectivity index (χ4n) is 7.90. The normalized spacial score (nSPS) is 11.7. The standard InChI is InChI=1S/C51H100O2/c1-3-5-7-9-11-13-15-17-19-21-23-25-27-28-30-32-34-36-38-40-42-44-46-48-50-53-51(52)49-47-45-43-41-39-37-35-33-31-29-26-24-22-20-18-16-14-12-10-8-6-4-2/h20,22H,3-19,21,23-50H2,1-2H3. The molecule has 0 atom stereocenters. The van der Waals surface area contributed by atoms with Gasteiger partial charge in [-0.3, -0.25) is 4.79 Å². The summed E-state index contributed by atoms with van der Waals surface area (Å²) in [5, 5.41) is 0. The van der Waals surface area contributed by atoms with Crippen LogP contribution in [0.3, 0.4) is 0 Å². The lowest BCUT2D eigenvalue weighted by Crippen LogP contribution is -2.05. The molecule has 2 nitrogen and oxygen atoms in total. The number of allylic oxidation sites excluding steroid dienone is 2. The predicted octanol–water partition coefficient (Wildman–Crippen LogP) is 18.7. The first kappa shape index (κ1) is 52.2. The van der Waals surface area contributed by atoms with E-state index in [1.165, 1.54) is 270 Å². The maximum Gasteiger partial charge on any atom is 0.305 e. The van der Waals surface area contributed by atoms with E-state index in [-0.39, 0.29) is 5.97 Å². The van der Waals surface area contributed by atoms with Gasteiger partial charge in [0.15, 0.2) is 0 Å². The lowest BCUT2D eigenvalue weighted by atomic mass is 10.0. The highest BCUT2D eigenvalue weighted by Gasteiger charge is 2.03. The van der Waals surface area contributed by atoms with Crippen molar-refractivity contribution in [2.75, 3.05) is 6.61 Å². The van der Waals surface area contributed by atoms with Gasteiger partial charge in [0.1, 0.15) is 0 Å². The molecule has 0 fully saturated rings. The number of unbranched alkanes of at least 4 members (excludes halogenated alkanes) is 41. The Morgan fingerprint density at radius 3 is 0.811 bits per heavy atom. The average molecular weight is 745 g/mol. The summed E-state index contributed by atoms with van der Waals surface area (Å²) in [6.45, 7) is 5.23. The molecule has 0 aliphatic rings. The predicted molar refractivity (Wildman–Crippen MR) is 239 cm³/mol. The van der Waals surface area contributed by atoms with Crippen molar-refractivity contribution in [2.24, 2.45) is 0 Å². The van der Waals surface area contributed by atoms with Crippen LogP contribution in [0.25, 0.3) is 0 Å². The molecule has 0 spiro atoms. The van der Waals surface area contributed by atoms with Crippen molar-refractivity contribution in [3.63, 3.8) is 0 Å². The van der Waals surface area contributed by atoms with Gasteiger partial charge in [0.25, 0.3) is 0 Å². The van der Waals surface area contributed by atoms with Gasteiger partial charge >= 0.3 is 5.97 Å². The molecular weight excluding hydrogens is 645 g/mol. The summed E-state index contributed by atoms with van der Waals surface area (Å²) in [5.41, 5.74) is 0. The average Bonchev–Trinajstić information content (AvgIpc) is 3.16. The molecule has 2 heteroatoms. The Hall–Kier alpha value is -0.790. The minimum atomic E-state index is 0.0303. The van der Waals surface area contributed by atoms with Gasteiger partial charge in [-0.1, -0.05) is 270 Å². The molecule has 0 saturated heterocycles. The minimum Gasteiger partial charge on any atom is -0.466 e. The topological polar surface area (TPSA) is 26.3 Å². The Balaban J connectivity index is 3.16. The second-order valence-electron chi connectivity index (χ2n) is 17.2. The van der Waals surface area contributed by atoms with Crippen molar-refractivity contribution in [3.8, 4) is 0 Å². The summed E-state index contributed by atoms with van der Waals surface area (Å²) in [6, 6.07) is 0. The molecule has 0 bridgehead atoms. The van der Waals surface area contributed by atoms with Crippen LogP contribution in [0.1, 0.15) is 303 Å². The van der Waals surface area contributed by atoms with E-state index in [1.54, 1.807) is 0 Å². The third kappa shape index (κ3) is 49.2. The van der Waals surface area contributed by atoms with Crippen molar-refractivity contribution < 1.29 is 9.53 Å². The van der Waals surface area contributed by atoms with Gasteiger partial charge in [0.05, 0.1) is 6.61 Å². The van der Waals surface area contributed by atoms with Gasteiger partial charge in [0.2, 0.25) is 0 Å². The first-order chi connectivity index (χ1) is 26.3. The quantitative estimate of drug-likeness (QED) is 0.0352. The van der Waals surface area contributed by atoms with Gasteiger partial charge in [-0.2, -0.15) is 0 Å². The first-order valence-electron chi connectivity index (χ1n) is 25.1. The number of esters is 1.